The minimum atomic E-state index is -0.863. The van der Waals surface area contributed by atoms with Crippen molar-refractivity contribution in [3.63, 3.8) is 0 Å². The summed E-state index contributed by atoms with van der Waals surface area (Å²) < 4.78 is 5.59. The monoisotopic (exact) mass is 265 g/mol. The second-order valence-electron chi connectivity index (χ2n) is 4.82. The Labute approximate surface area is 114 Å². The zero-order valence-electron chi connectivity index (χ0n) is 11.8. The smallest absolute Gasteiger partial charge is 0.325 e. The van der Waals surface area contributed by atoms with E-state index < -0.39 is 12.0 Å². The molecule has 4 nitrogen and oxygen atoms in total. The molecule has 0 radical (unpaired) electrons. The van der Waals surface area contributed by atoms with Crippen LogP contribution in [0.1, 0.15) is 45.2 Å². The van der Waals surface area contributed by atoms with Crippen LogP contribution in [-0.2, 0) is 4.79 Å². The number of aliphatic carboxylic acids is 1. The van der Waals surface area contributed by atoms with Crippen molar-refractivity contribution in [1.82, 2.24) is 5.32 Å². The lowest BCUT2D eigenvalue weighted by Gasteiger charge is -2.16. The van der Waals surface area contributed by atoms with Crippen molar-refractivity contribution in [3.05, 3.63) is 29.8 Å². The van der Waals surface area contributed by atoms with Gasteiger partial charge in [0.1, 0.15) is 11.8 Å². The van der Waals surface area contributed by atoms with E-state index in [1.165, 1.54) is 0 Å². The van der Waals surface area contributed by atoms with Gasteiger partial charge in [0, 0.05) is 0 Å². The Bertz CT molecular complexity index is 404. The molecular formula is C15H23NO3. The third-order valence-corrected chi connectivity index (χ3v) is 2.69. The quantitative estimate of drug-likeness (QED) is 0.709. The van der Waals surface area contributed by atoms with Crippen LogP contribution < -0.4 is 10.1 Å². The number of unbranched alkanes of at least 4 members (excludes halogenated alkanes) is 1. The second kappa shape index (κ2) is 7.79. The summed E-state index contributed by atoms with van der Waals surface area (Å²) >= 11 is 0. The van der Waals surface area contributed by atoms with Crippen molar-refractivity contribution in [3.8, 4) is 5.75 Å². The van der Waals surface area contributed by atoms with Gasteiger partial charge < -0.3 is 15.2 Å². The Hall–Kier alpha value is -1.55. The Morgan fingerprint density at radius 3 is 2.74 bits per heavy atom. The molecule has 0 fully saturated rings. The summed E-state index contributed by atoms with van der Waals surface area (Å²) in [6.45, 7) is 6.67. The normalized spacial score (nSPS) is 12.4. The summed E-state index contributed by atoms with van der Waals surface area (Å²) in [5.41, 5.74) is 0.724. The molecule has 0 bridgehead atoms. The first-order chi connectivity index (χ1) is 9.04. The summed E-state index contributed by atoms with van der Waals surface area (Å²) in [4.78, 5) is 11.3. The Morgan fingerprint density at radius 1 is 1.42 bits per heavy atom. The van der Waals surface area contributed by atoms with Crippen molar-refractivity contribution in [2.45, 2.75) is 45.8 Å². The van der Waals surface area contributed by atoms with E-state index in [4.69, 9.17) is 4.74 Å². The Morgan fingerprint density at radius 2 is 2.16 bits per heavy atom. The minimum absolute atomic E-state index is 0.0755. The highest BCUT2D eigenvalue weighted by Gasteiger charge is 2.19. The van der Waals surface area contributed by atoms with Gasteiger partial charge in [0.15, 0.2) is 0 Å². The SMILES string of the molecule is CCCCNC(C(=O)O)c1cccc(OC(C)C)c1. The van der Waals surface area contributed by atoms with Crippen LogP contribution in [0.5, 0.6) is 5.75 Å². The molecule has 1 aromatic carbocycles. The number of hydrogen-bond donors (Lipinski definition) is 2. The van der Waals surface area contributed by atoms with Gasteiger partial charge in [0.25, 0.3) is 0 Å². The summed E-state index contributed by atoms with van der Waals surface area (Å²) in [5, 5.41) is 12.4. The minimum Gasteiger partial charge on any atom is -0.491 e. The molecule has 0 aliphatic heterocycles. The number of carboxylic acid groups (broad SMARTS) is 1. The van der Waals surface area contributed by atoms with Gasteiger partial charge in [-0.2, -0.15) is 0 Å². The van der Waals surface area contributed by atoms with E-state index in [1.807, 2.05) is 32.0 Å². The molecule has 0 saturated carbocycles. The lowest BCUT2D eigenvalue weighted by Crippen LogP contribution is -2.29. The molecule has 19 heavy (non-hydrogen) atoms. The fraction of sp³-hybridized carbons (Fsp3) is 0.533. The van der Waals surface area contributed by atoms with E-state index in [0.29, 0.717) is 12.3 Å². The first-order valence-electron chi connectivity index (χ1n) is 6.77. The van der Waals surface area contributed by atoms with Gasteiger partial charge in [-0.15, -0.1) is 0 Å². The van der Waals surface area contributed by atoms with E-state index >= 15 is 0 Å². The number of hydrogen-bond acceptors (Lipinski definition) is 3. The fourth-order valence-corrected chi connectivity index (χ4v) is 1.81. The largest absolute Gasteiger partial charge is 0.491 e. The number of rotatable bonds is 8. The zero-order chi connectivity index (χ0) is 14.3. The molecule has 0 spiro atoms. The summed E-state index contributed by atoms with van der Waals surface area (Å²) in [6.07, 6.45) is 2.08. The Kier molecular flexibility index (Phi) is 6.36. The van der Waals surface area contributed by atoms with Crippen LogP contribution in [0.2, 0.25) is 0 Å². The van der Waals surface area contributed by atoms with Gasteiger partial charge in [0.05, 0.1) is 6.10 Å². The molecule has 2 N–H and O–H groups in total. The van der Waals surface area contributed by atoms with E-state index in [-0.39, 0.29) is 6.10 Å². The topological polar surface area (TPSA) is 58.6 Å². The van der Waals surface area contributed by atoms with Crippen LogP contribution in [0.25, 0.3) is 0 Å². The molecule has 1 atom stereocenters. The van der Waals surface area contributed by atoms with Crippen LogP contribution in [0.3, 0.4) is 0 Å². The molecular weight excluding hydrogens is 242 g/mol. The molecule has 1 aromatic rings. The summed E-state index contributed by atoms with van der Waals surface area (Å²) in [5.74, 6) is -0.158. The lowest BCUT2D eigenvalue weighted by molar-refractivity contribution is -0.139. The van der Waals surface area contributed by atoms with Crippen LogP contribution in [0.15, 0.2) is 24.3 Å². The van der Waals surface area contributed by atoms with Crippen molar-refractivity contribution in [1.29, 1.82) is 0 Å². The van der Waals surface area contributed by atoms with E-state index in [1.54, 1.807) is 6.07 Å². The van der Waals surface area contributed by atoms with Gasteiger partial charge in [0.2, 0.25) is 0 Å². The first kappa shape index (κ1) is 15.5. The zero-order valence-corrected chi connectivity index (χ0v) is 11.8. The van der Waals surface area contributed by atoms with Crippen molar-refractivity contribution in [2.75, 3.05) is 6.54 Å². The van der Waals surface area contributed by atoms with Crippen LogP contribution in [-0.4, -0.2) is 23.7 Å². The average Bonchev–Trinajstić information content (AvgIpc) is 2.33. The van der Waals surface area contributed by atoms with Gasteiger partial charge in [-0.05, 0) is 44.5 Å². The van der Waals surface area contributed by atoms with Crippen molar-refractivity contribution >= 4 is 5.97 Å². The average molecular weight is 265 g/mol. The van der Waals surface area contributed by atoms with Crippen molar-refractivity contribution in [2.24, 2.45) is 0 Å². The van der Waals surface area contributed by atoms with Crippen LogP contribution in [0, 0.1) is 0 Å². The molecule has 0 amide bonds. The van der Waals surface area contributed by atoms with Gasteiger partial charge in [-0.1, -0.05) is 25.5 Å². The van der Waals surface area contributed by atoms with Gasteiger partial charge in [-0.3, -0.25) is 4.79 Å². The van der Waals surface area contributed by atoms with E-state index in [2.05, 4.69) is 12.2 Å². The number of carboxylic acids is 1. The highest BCUT2D eigenvalue weighted by atomic mass is 16.5. The maximum Gasteiger partial charge on any atom is 0.325 e. The van der Waals surface area contributed by atoms with Gasteiger partial charge >= 0.3 is 5.97 Å². The van der Waals surface area contributed by atoms with E-state index in [0.717, 1.165) is 18.4 Å². The molecule has 0 aliphatic rings. The summed E-state index contributed by atoms with van der Waals surface area (Å²) in [6, 6.07) is 6.59. The molecule has 106 valence electrons. The first-order valence-corrected chi connectivity index (χ1v) is 6.77. The maximum absolute atomic E-state index is 11.3. The summed E-state index contributed by atoms with van der Waals surface area (Å²) in [7, 11) is 0. The number of benzene rings is 1. The molecule has 1 unspecified atom stereocenters. The highest BCUT2D eigenvalue weighted by Crippen LogP contribution is 2.20. The second-order valence-corrected chi connectivity index (χ2v) is 4.82. The molecule has 0 aromatic heterocycles. The molecule has 0 saturated heterocycles. The van der Waals surface area contributed by atoms with Crippen molar-refractivity contribution < 1.29 is 14.6 Å². The number of carbonyl (C=O) groups is 1. The molecule has 1 rings (SSSR count). The predicted molar refractivity (Wildman–Crippen MR) is 75.5 cm³/mol. The number of nitrogens with one attached hydrogen (secondary N) is 1. The standard InChI is InChI=1S/C15H23NO3/c1-4-5-9-16-14(15(17)18)12-7-6-8-13(10-12)19-11(2)3/h6-8,10-11,14,16H,4-5,9H2,1-3H3,(H,17,18). The highest BCUT2D eigenvalue weighted by molar-refractivity contribution is 5.75. The fourth-order valence-electron chi connectivity index (χ4n) is 1.81. The number of ether oxygens (including phenoxy) is 1. The van der Waals surface area contributed by atoms with Gasteiger partial charge in [-0.25, -0.2) is 0 Å². The van der Waals surface area contributed by atoms with Crippen LogP contribution >= 0.6 is 0 Å². The lowest BCUT2D eigenvalue weighted by atomic mass is 10.1. The third-order valence-electron chi connectivity index (χ3n) is 2.69. The maximum atomic E-state index is 11.3. The van der Waals surface area contributed by atoms with E-state index in [9.17, 15) is 9.90 Å². The third kappa shape index (κ3) is 5.30. The molecule has 4 heteroatoms. The molecule has 0 heterocycles. The van der Waals surface area contributed by atoms with Crippen LogP contribution in [0.4, 0.5) is 0 Å². The Balaban J connectivity index is 2.80. The predicted octanol–water partition coefficient (Wildman–Crippen LogP) is 2.99. The molecule has 0 aliphatic carbocycles.